The van der Waals surface area contributed by atoms with E-state index in [1.807, 2.05) is 67.0 Å². The van der Waals surface area contributed by atoms with Crippen molar-refractivity contribution in [2.75, 3.05) is 0 Å². The molecule has 2 aromatic heterocycles. The number of hydrogen-bond donors (Lipinski definition) is 1. The molecular formula is C59H39N3O. The lowest BCUT2D eigenvalue weighted by Gasteiger charge is -2.37. The van der Waals surface area contributed by atoms with E-state index in [4.69, 9.17) is 4.98 Å². The molecule has 12 rings (SSSR count). The molecule has 4 heteroatoms. The van der Waals surface area contributed by atoms with Gasteiger partial charge in [-0.1, -0.05) is 194 Å². The zero-order chi connectivity index (χ0) is 42.0. The van der Waals surface area contributed by atoms with Crippen LogP contribution in [0.15, 0.2) is 231 Å². The van der Waals surface area contributed by atoms with Crippen molar-refractivity contribution in [3.63, 3.8) is 0 Å². The summed E-state index contributed by atoms with van der Waals surface area (Å²) >= 11 is 0. The number of nitrogens with one attached hydrogen (secondary N) is 1. The number of pyridine rings is 1. The van der Waals surface area contributed by atoms with Crippen LogP contribution < -0.4 is 0 Å². The summed E-state index contributed by atoms with van der Waals surface area (Å²) in [6.45, 7) is 0. The summed E-state index contributed by atoms with van der Waals surface area (Å²) in [5.74, 6) is -0.0129. The van der Waals surface area contributed by atoms with Crippen molar-refractivity contribution in [1.82, 2.24) is 15.0 Å². The Hall–Kier alpha value is -8.21. The van der Waals surface area contributed by atoms with E-state index in [-0.39, 0.29) is 5.78 Å². The summed E-state index contributed by atoms with van der Waals surface area (Å²) in [5.41, 5.74) is 17.4. The second kappa shape index (κ2) is 14.5. The summed E-state index contributed by atoms with van der Waals surface area (Å²) in [6.07, 6.45) is 5.55. The van der Waals surface area contributed by atoms with Gasteiger partial charge in [0.05, 0.1) is 34.7 Å². The molecule has 2 aliphatic carbocycles. The van der Waals surface area contributed by atoms with Crippen molar-refractivity contribution in [2.45, 2.75) is 10.8 Å². The Balaban J connectivity index is 1.13. The molecule has 0 spiro atoms. The Kier molecular flexibility index (Phi) is 8.41. The molecule has 0 unspecified atom stereocenters. The predicted molar refractivity (Wildman–Crippen MR) is 252 cm³/mol. The van der Waals surface area contributed by atoms with Gasteiger partial charge in [-0.3, -0.25) is 9.78 Å². The third-order valence-electron chi connectivity index (χ3n) is 13.4. The van der Waals surface area contributed by atoms with E-state index >= 15 is 0 Å². The smallest absolute Gasteiger partial charge is 0.193 e. The number of fused-ring (bicyclic) bond motifs is 6. The lowest BCUT2D eigenvalue weighted by atomic mass is 9.64. The third kappa shape index (κ3) is 5.31. The van der Waals surface area contributed by atoms with Gasteiger partial charge in [0.1, 0.15) is 0 Å². The van der Waals surface area contributed by atoms with Crippen LogP contribution in [0.3, 0.4) is 0 Å². The van der Waals surface area contributed by atoms with E-state index in [1.54, 1.807) is 6.33 Å². The first-order chi connectivity index (χ1) is 31.2. The van der Waals surface area contributed by atoms with Crippen LogP contribution in [-0.2, 0) is 10.8 Å². The minimum absolute atomic E-state index is 0.0129. The lowest BCUT2D eigenvalue weighted by Crippen LogP contribution is -2.32. The highest BCUT2D eigenvalue weighted by Crippen LogP contribution is 2.60. The van der Waals surface area contributed by atoms with E-state index in [0.717, 1.165) is 50.3 Å². The van der Waals surface area contributed by atoms with Gasteiger partial charge < -0.3 is 4.98 Å². The van der Waals surface area contributed by atoms with Gasteiger partial charge in [-0.25, -0.2) is 4.98 Å². The van der Waals surface area contributed by atoms with Gasteiger partial charge in [-0.05, 0) is 90.5 Å². The molecule has 296 valence electrons. The zero-order valence-electron chi connectivity index (χ0n) is 34.2. The maximum absolute atomic E-state index is 14.9. The number of nitrogens with zero attached hydrogens (tertiary/aromatic N) is 2. The molecule has 0 amide bonds. The van der Waals surface area contributed by atoms with Crippen molar-refractivity contribution < 1.29 is 4.79 Å². The fourth-order valence-corrected chi connectivity index (χ4v) is 10.9. The SMILES string of the molecule is O=C(c1cccc(C2(c3cccc([C@@]4(c5ccccn5)c5ccccc5-c5c(-c6cnc[nH]6)cccc54)c3)c3ccccc3-c3ccccc32)c1)c1ccccc1-c1ccccc1. The van der Waals surface area contributed by atoms with Crippen molar-refractivity contribution in [1.29, 1.82) is 0 Å². The molecule has 1 atom stereocenters. The van der Waals surface area contributed by atoms with Crippen LogP contribution in [-0.4, -0.2) is 20.7 Å². The molecule has 4 nitrogen and oxygen atoms in total. The fourth-order valence-electron chi connectivity index (χ4n) is 10.9. The highest BCUT2D eigenvalue weighted by atomic mass is 16.1. The van der Waals surface area contributed by atoms with Gasteiger partial charge in [0, 0.05) is 22.9 Å². The first kappa shape index (κ1) is 36.6. The standard InChI is InChI=1S/C59H39N3O/c63-57(47-26-5-4-23-44(47)39-17-2-1-3-18-39)40-19-14-20-41(35-40)58(50-29-9-6-24-45(50)46-25-7-10-30-51(46)58)42-21-15-22-43(36-42)59(55-33-12-13-34-61-55)52-31-11-8-27-48(52)56-49(28-16-32-53(56)59)54-37-60-38-62-54/h1-38H,(H,60,62)/t59-/m1/s1. The van der Waals surface area contributed by atoms with Crippen LogP contribution in [0, 0.1) is 0 Å². The molecule has 0 saturated carbocycles. The second-order valence-electron chi connectivity index (χ2n) is 16.4. The number of carbonyl (C=O) groups excluding carboxylic acids is 1. The van der Waals surface area contributed by atoms with Crippen molar-refractivity contribution in [3.8, 4) is 44.6 Å². The van der Waals surface area contributed by atoms with Gasteiger partial charge in [-0.15, -0.1) is 0 Å². The summed E-state index contributed by atoms with van der Waals surface area (Å²) in [7, 11) is 0. The number of aromatic nitrogens is 3. The normalized spacial score (nSPS) is 15.2. The van der Waals surface area contributed by atoms with Gasteiger partial charge >= 0.3 is 0 Å². The maximum atomic E-state index is 14.9. The van der Waals surface area contributed by atoms with Crippen LogP contribution in [0.2, 0.25) is 0 Å². The monoisotopic (exact) mass is 805 g/mol. The topological polar surface area (TPSA) is 58.6 Å². The number of benzene rings is 8. The van der Waals surface area contributed by atoms with Crippen LogP contribution in [0.25, 0.3) is 44.6 Å². The van der Waals surface area contributed by atoms with Crippen molar-refractivity contribution in [3.05, 3.63) is 287 Å². The minimum Gasteiger partial charge on any atom is -0.345 e. The predicted octanol–water partition coefficient (Wildman–Crippen LogP) is 13.1. The first-order valence-corrected chi connectivity index (χ1v) is 21.4. The van der Waals surface area contributed by atoms with Crippen molar-refractivity contribution >= 4 is 5.78 Å². The highest BCUT2D eigenvalue weighted by Gasteiger charge is 2.50. The molecule has 0 saturated heterocycles. The Labute approximate surface area is 366 Å². The van der Waals surface area contributed by atoms with Crippen LogP contribution in [0.5, 0.6) is 0 Å². The zero-order valence-corrected chi connectivity index (χ0v) is 34.2. The van der Waals surface area contributed by atoms with Gasteiger partial charge in [0.15, 0.2) is 5.78 Å². The summed E-state index contributed by atoms with van der Waals surface area (Å²) in [5, 5.41) is 0. The number of imidazole rings is 1. The molecule has 2 aliphatic rings. The molecule has 63 heavy (non-hydrogen) atoms. The number of ketones is 1. The molecule has 0 aliphatic heterocycles. The summed E-state index contributed by atoms with van der Waals surface area (Å²) in [6, 6.07) is 74.9. The summed E-state index contributed by atoms with van der Waals surface area (Å²) in [4.78, 5) is 27.9. The number of H-pyrrole nitrogens is 1. The molecule has 10 aromatic rings. The fraction of sp³-hybridized carbons (Fsp3) is 0.0339. The molecule has 1 N–H and O–H groups in total. The number of rotatable bonds is 8. The van der Waals surface area contributed by atoms with Crippen LogP contribution in [0.1, 0.15) is 60.6 Å². The first-order valence-electron chi connectivity index (χ1n) is 21.4. The average Bonchev–Trinajstić information content (AvgIpc) is 4.09. The average molecular weight is 806 g/mol. The Morgan fingerprint density at radius 2 is 1.00 bits per heavy atom. The van der Waals surface area contributed by atoms with Crippen LogP contribution in [0.4, 0.5) is 0 Å². The largest absolute Gasteiger partial charge is 0.345 e. The van der Waals surface area contributed by atoms with E-state index in [0.29, 0.717) is 11.1 Å². The van der Waals surface area contributed by atoms with Crippen LogP contribution >= 0.6 is 0 Å². The molecule has 8 aromatic carbocycles. The minimum atomic E-state index is -0.775. The summed E-state index contributed by atoms with van der Waals surface area (Å²) < 4.78 is 0. The van der Waals surface area contributed by atoms with Gasteiger partial charge in [-0.2, -0.15) is 0 Å². The number of carbonyl (C=O) groups is 1. The number of hydrogen-bond acceptors (Lipinski definition) is 3. The molecular weight excluding hydrogens is 767 g/mol. The van der Waals surface area contributed by atoms with Crippen molar-refractivity contribution in [2.24, 2.45) is 0 Å². The third-order valence-corrected chi connectivity index (χ3v) is 13.4. The maximum Gasteiger partial charge on any atom is 0.193 e. The Morgan fingerprint density at radius 1 is 0.444 bits per heavy atom. The molecule has 0 fully saturated rings. The molecule has 0 radical (unpaired) electrons. The van der Waals surface area contributed by atoms with Gasteiger partial charge in [0.2, 0.25) is 0 Å². The van der Waals surface area contributed by atoms with E-state index in [9.17, 15) is 4.79 Å². The second-order valence-corrected chi connectivity index (χ2v) is 16.4. The molecule has 0 bridgehead atoms. The molecule has 2 heterocycles. The van der Waals surface area contributed by atoms with E-state index < -0.39 is 10.8 Å². The Bertz CT molecular complexity index is 3330. The number of aromatic amines is 1. The highest BCUT2D eigenvalue weighted by molar-refractivity contribution is 6.13. The quantitative estimate of drug-likeness (QED) is 0.156. The van der Waals surface area contributed by atoms with E-state index in [2.05, 4.69) is 168 Å². The van der Waals surface area contributed by atoms with Gasteiger partial charge in [0.25, 0.3) is 0 Å². The Morgan fingerprint density at radius 3 is 1.70 bits per heavy atom. The van der Waals surface area contributed by atoms with E-state index in [1.165, 1.54) is 38.9 Å². The lowest BCUT2D eigenvalue weighted by molar-refractivity contribution is 0.103.